The Morgan fingerprint density at radius 3 is 2.78 bits per heavy atom. The fraction of sp³-hybridized carbons (Fsp3) is 0.176. The molecule has 0 N–H and O–H groups in total. The molecule has 0 heterocycles. The average molecular weight is 299 g/mol. The fourth-order valence-corrected chi connectivity index (χ4v) is 3.36. The third-order valence-electron chi connectivity index (χ3n) is 3.66. The van der Waals surface area contributed by atoms with Crippen molar-refractivity contribution in [1.29, 1.82) is 0 Å². The Balaban J connectivity index is 2.64. The molecule has 0 bridgehead atoms. The molecule has 0 saturated carbocycles. The molecule has 2 aromatic rings. The van der Waals surface area contributed by atoms with Crippen LogP contribution in [0, 0.1) is 0 Å². The van der Waals surface area contributed by atoms with Gasteiger partial charge in [-0.05, 0) is 58.2 Å². The van der Waals surface area contributed by atoms with Gasteiger partial charge in [0.15, 0.2) is 0 Å². The standard InChI is InChI=1S/C17H15Br/c1-3-14-15(18)10-9-13-8-7-12-6-4-5-11(2)16(12)17(13)14/h3,6-10H,2,4-5H2,1H3/b14-3-. The van der Waals surface area contributed by atoms with E-state index in [0.717, 1.165) is 17.3 Å². The van der Waals surface area contributed by atoms with Gasteiger partial charge in [-0.1, -0.05) is 52.9 Å². The molecule has 0 spiro atoms. The Labute approximate surface area is 115 Å². The summed E-state index contributed by atoms with van der Waals surface area (Å²) in [5.41, 5.74) is 2.60. The zero-order valence-corrected chi connectivity index (χ0v) is 12.0. The van der Waals surface area contributed by atoms with E-state index in [-0.39, 0.29) is 0 Å². The Kier molecular flexibility index (Phi) is 2.87. The van der Waals surface area contributed by atoms with Crippen molar-refractivity contribution in [2.24, 2.45) is 0 Å². The molecule has 0 radical (unpaired) electrons. The largest absolute Gasteiger partial charge is 0.0952 e. The molecule has 1 heteroatoms. The van der Waals surface area contributed by atoms with Crippen molar-refractivity contribution in [3.63, 3.8) is 0 Å². The second kappa shape index (κ2) is 4.40. The molecular weight excluding hydrogens is 284 g/mol. The van der Waals surface area contributed by atoms with E-state index >= 15 is 0 Å². The van der Waals surface area contributed by atoms with Gasteiger partial charge in [0.1, 0.15) is 0 Å². The number of hydrogen-bond acceptors (Lipinski definition) is 0. The zero-order chi connectivity index (χ0) is 12.7. The van der Waals surface area contributed by atoms with Crippen molar-refractivity contribution in [1.82, 2.24) is 0 Å². The molecule has 0 unspecified atom stereocenters. The first kappa shape index (κ1) is 11.7. The molecule has 0 saturated heterocycles. The van der Waals surface area contributed by atoms with Crippen LogP contribution in [0.1, 0.15) is 25.3 Å². The van der Waals surface area contributed by atoms with Crippen LogP contribution in [-0.4, -0.2) is 0 Å². The SMILES string of the molecule is C=C1CCC=c2ccc3ccc(Br)/c(=C/C)c3c21. The van der Waals surface area contributed by atoms with Crippen molar-refractivity contribution >= 4 is 44.4 Å². The summed E-state index contributed by atoms with van der Waals surface area (Å²) in [4.78, 5) is 0. The number of rotatable bonds is 0. The first-order chi connectivity index (χ1) is 8.72. The van der Waals surface area contributed by atoms with Crippen molar-refractivity contribution in [3.8, 4) is 0 Å². The van der Waals surface area contributed by atoms with Crippen LogP contribution in [0.25, 0.3) is 28.5 Å². The Bertz CT molecular complexity index is 766. The summed E-state index contributed by atoms with van der Waals surface area (Å²) in [6.07, 6.45) is 6.68. The lowest BCUT2D eigenvalue weighted by molar-refractivity contribution is 1.09. The molecule has 0 nitrogen and oxygen atoms in total. The topological polar surface area (TPSA) is 0 Å². The van der Waals surface area contributed by atoms with E-state index in [1.165, 1.54) is 32.3 Å². The molecular formula is C17H15Br. The maximum atomic E-state index is 4.26. The first-order valence-electron chi connectivity index (χ1n) is 6.28. The Morgan fingerprint density at radius 1 is 1.22 bits per heavy atom. The maximum absolute atomic E-state index is 4.26. The van der Waals surface area contributed by atoms with Crippen LogP contribution in [0.4, 0.5) is 0 Å². The van der Waals surface area contributed by atoms with Gasteiger partial charge in [0.05, 0.1) is 0 Å². The van der Waals surface area contributed by atoms with Gasteiger partial charge < -0.3 is 0 Å². The van der Waals surface area contributed by atoms with Gasteiger partial charge >= 0.3 is 0 Å². The minimum absolute atomic E-state index is 1.07. The van der Waals surface area contributed by atoms with Crippen molar-refractivity contribution in [3.05, 3.63) is 51.3 Å². The second-order valence-electron chi connectivity index (χ2n) is 4.72. The van der Waals surface area contributed by atoms with Crippen LogP contribution < -0.4 is 10.4 Å². The normalized spacial score (nSPS) is 15.7. The van der Waals surface area contributed by atoms with Gasteiger partial charge in [0, 0.05) is 4.47 Å². The van der Waals surface area contributed by atoms with Crippen LogP contribution >= 0.6 is 15.9 Å². The monoisotopic (exact) mass is 298 g/mol. The van der Waals surface area contributed by atoms with Gasteiger partial charge in [-0.15, -0.1) is 0 Å². The highest BCUT2D eigenvalue weighted by atomic mass is 79.9. The van der Waals surface area contributed by atoms with Crippen molar-refractivity contribution in [2.45, 2.75) is 19.8 Å². The van der Waals surface area contributed by atoms with Crippen LogP contribution in [0.3, 0.4) is 0 Å². The first-order valence-corrected chi connectivity index (χ1v) is 7.07. The molecule has 0 aromatic heterocycles. The summed E-state index contributed by atoms with van der Waals surface area (Å²) in [5.74, 6) is 0. The average Bonchev–Trinajstić information content (AvgIpc) is 2.38. The zero-order valence-electron chi connectivity index (χ0n) is 10.5. The van der Waals surface area contributed by atoms with Crippen LogP contribution in [0.2, 0.25) is 0 Å². The highest BCUT2D eigenvalue weighted by molar-refractivity contribution is 9.10. The smallest absolute Gasteiger partial charge is 0.0251 e. The molecule has 1 aliphatic rings. The minimum atomic E-state index is 1.07. The van der Waals surface area contributed by atoms with Gasteiger partial charge in [-0.2, -0.15) is 0 Å². The van der Waals surface area contributed by atoms with Crippen LogP contribution in [0.5, 0.6) is 0 Å². The number of fused-ring (bicyclic) bond motifs is 3. The van der Waals surface area contributed by atoms with E-state index in [1.54, 1.807) is 0 Å². The Morgan fingerprint density at radius 2 is 2.00 bits per heavy atom. The highest BCUT2D eigenvalue weighted by Crippen LogP contribution is 2.26. The summed E-state index contributed by atoms with van der Waals surface area (Å²) in [7, 11) is 0. The number of allylic oxidation sites excluding steroid dienone is 1. The highest BCUT2D eigenvalue weighted by Gasteiger charge is 2.12. The lowest BCUT2D eigenvalue weighted by Crippen LogP contribution is -2.17. The quantitative estimate of drug-likeness (QED) is 0.690. The third-order valence-corrected chi connectivity index (χ3v) is 4.35. The molecule has 18 heavy (non-hydrogen) atoms. The summed E-state index contributed by atoms with van der Waals surface area (Å²) >= 11 is 3.65. The molecule has 3 rings (SSSR count). The molecule has 1 aliphatic carbocycles. The van der Waals surface area contributed by atoms with E-state index in [1.807, 2.05) is 0 Å². The summed E-state index contributed by atoms with van der Waals surface area (Å²) in [6.45, 7) is 6.35. The molecule has 0 fully saturated rings. The van der Waals surface area contributed by atoms with E-state index in [0.29, 0.717) is 0 Å². The van der Waals surface area contributed by atoms with Crippen molar-refractivity contribution in [2.75, 3.05) is 0 Å². The van der Waals surface area contributed by atoms with Crippen molar-refractivity contribution < 1.29 is 0 Å². The summed E-state index contributed by atoms with van der Waals surface area (Å²) in [6, 6.07) is 8.73. The summed E-state index contributed by atoms with van der Waals surface area (Å²) in [5, 5.41) is 5.24. The van der Waals surface area contributed by atoms with Gasteiger partial charge in [0.25, 0.3) is 0 Å². The predicted octanol–water partition coefficient (Wildman–Crippen LogP) is 3.99. The van der Waals surface area contributed by atoms with Gasteiger partial charge in [0.2, 0.25) is 0 Å². The predicted molar refractivity (Wildman–Crippen MR) is 83.8 cm³/mol. The van der Waals surface area contributed by atoms with Gasteiger partial charge in [-0.25, -0.2) is 0 Å². The lowest BCUT2D eigenvalue weighted by atomic mass is 9.89. The van der Waals surface area contributed by atoms with E-state index in [2.05, 4.69) is 65.9 Å². The lowest BCUT2D eigenvalue weighted by Gasteiger charge is -2.15. The van der Waals surface area contributed by atoms with Crippen LogP contribution in [-0.2, 0) is 0 Å². The van der Waals surface area contributed by atoms with E-state index < -0.39 is 0 Å². The van der Waals surface area contributed by atoms with Crippen LogP contribution in [0.15, 0.2) is 35.3 Å². The third kappa shape index (κ3) is 1.65. The molecule has 0 amide bonds. The van der Waals surface area contributed by atoms with E-state index in [9.17, 15) is 0 Å². The molecule has 0 atom stereocenters. The minimum Gasteiger partial charge on any atom is -0.0952 e. The number of halogens is 1. The maximum Gasteiger partial charge on any atom is 0.0251 e. The van der Waals surface area contributed by atoms with E-state index in [4.69, 9.17) is 0 Å². The molecule has 90 valence electrons. The number of benzene rings is 2. The fourth-order valence-electron chi connectivity index (χ4n) is 2.80. The second-order valence-corrected chi connectivity index (χ2v) is 5.58. The molecule has 0 aliphatic heterocycles. The molecule has 2 aromatic carbocycles. The van der Waals surface area contributed by atoms with Gasteiger partial charge in [-0.3, -0.25) is 0 Å². The summed E-state index contributed by atoms with van der Waals surface area (Å²) < 4.78 is 1.16. The number of hydrogen-bond donors (Lipinski definition) is 0. The Hall–Kier alpha value is -1.34.